The number of furan rings is 1. The molecular weight excluding hydrogens is 312 g/mol. The maximum Gasteiger partial charge on any atom is 0.219 e. The van der Waals surface area contributed by atoms with Gasteiger partial charge in [-0.1, -0.05) is 6.92 Å². The quantitative estimate of drug-likeness (QED) is 0.551. The van der Waals surface area contributed by atoms with Crippen LogP contribution >= 0.6 is 12.2 Å². The number of ether oxygens (including phenoxy) is 1. The first kappa shape index (κ1) is 15.2. The topological polar surface area (TPSA) is 68.3 Å². The first-order chi connectivity index (χ1) is 11.3. The van der Waals surface area contributed by atoms with Gasteiger partial charge in [0.15, 0.2) is 5.76 Å². The Morgan fingerprint density at radius 2 is 2.17 bits per heavy atom. The average molecular weight is 328 g/mol. The smallest absolute Gasteiger partial charge is 0.219 e. The van der Waals surface area contributed by atoms with Crippen LogP contribution < -0.4 is 4.74 Å². The number of aromatic amines is 1. The molecule has 0 aliphatic heterocycles. The van der Waals surface area contributed by atoms with Crippen LogP contribution in [0.15, 0.2) is 52.2 Å². The molecule has 0 amide bonds. The molecule has 0 saturated heterocycles. The molecule has 0 fully saturated rings. The normalized spacial score (nSPS) is 11.2. The third-order valence-corrected chi connectivity index (χ3v) is 3.33. The maximum absolute atomic E-state index is 5.55. The molecule has 6 nitrogen and oxygen atoms in total. The van der Waals surface area contributed by atoms with E-state index in [9.17, 15) is 0 Å². The zero-order valence-corrected chi connectivity index (χ0v) is 13.4. The molecule has 0 bridgehead atoms. The van der Waals surface area contributed by atoms with Crippen molar-refractivity contribution in [2.24, 2.45) is 5.10 Å². The second-order valence-electron chi connectivity index (χ2n) is 4.80. The molecule has 7 heteroatoms. The van der Waals surface area contributed by atoms with Crippen molar-refractivity contribution in [3.63, 3.8) is 0 Å². The lowest BCUT2D eigenvalue weighted by atomic mass is 10.2. The Kier molecular flexibility index (Phi) is 4.68. The number of H-pyrrole nitrogens is 1. The zero-order valence-electron chi connectivity index (χ0n) is 12.6. The van der Waals surface area contributed by atoms with Gasteiger partial charge in [0.1, 0.15) is 5.75 Å². The van der Waals surface area contributed by atoms with E-state index in [-0.39, 0.29) is 0 Å². The molecule has 3 aromatic rings. The Balaban J connectivity index is 1.81. The van der Waals surface area contributed by atoms with Crippen molar-refractivity contribution in [3.05, 3.63) is 53.0 Å². The highest BCUT2D eigenvalue weighted by atomic mass is 32.1. The number of nitrogens with one attached hydrogen (secondary N) is 1. The fourth-order valence-electron chi connectivity index (χ4n) is 1.96. The fraction of sp³-hybridized carbons (Fsp3) is 0.188. The van der Waals surface area contributed by atoms with Gasteiger partial charge in [-0.2, -0.15) is 9.78 Å². The molecule has 118 valence electrons. The Labute approximate surface area is 138 Å². The molecule has 0 saturated carbocycles. The maximum atomic E-state index is 5.55. The van der Waals surface area contributed by atoms with Gasteiger partial charge in [0, 0.05) is 0 Å². The summed E-state index contributed by atoms with van der Waals surface area (Å²) in [7, 11) is 0. The van der Waals surface area contributed by atoms with Crippen molar-refractivity contribution in [1.82, 2.24) is 14.9 Å². The highest BCUT2D eigenvalue weighted by Crippen LogP contribution is 2.17. The molecule has 2 aromatic heterocycles. The Bertz CT molecular complexity index is 832. The molecule has 23 heavy (non-hydrogen) atoms. The lowest BCUT2D eigenvalue weighted by Gasteiger charge is -2.03. The van der Waals surface area contributed by atoms with E-state index in [0.717, 1.165) is 17.7 Å². The molecular formula is C16H16N4O2S. The van der Waals surface area contributed by atoms with Crippen molar-refractivity contribution in [2.75, 3.05) is 6.61 Å². The van der Waals surface area contributed by atoms with Crippen LogP contribution in [0.5, 0.6) is 5.75 Å². The summed E-state index contributed by atoms with van der Waals surface area (Å²) in [5.74, 6) is 1.97. The molecule has 0 spiro atoms. The molecule has 0 radical (unpaired) electrons. The van der Waals surface area contributed by atoms with Crippen LogP contribution in [-0.2, 0) is 0 Å². The van der Waals surface area contributed by atoms with Gasteiger partial charge in [-0.3, -0.25) is 0 Å². The van der Waals surface area contributed by atoms with E-state index in [0.29, 0.717) is 23.0 Å². The molecule has 1 aromatic carbocycles. The van der Waals surface area contributed by atoms with E-state index in [1.807, 2.05) is 24.3 Å². The Morgan fingerprint density at radius 1 is 1.35 bits per heavy atom. The highest BCUT2D eigenvalue weighted by Gasteiger charge is 2.10. The minimum atomic E-state index is 0.399. The van der Waals surface area contributed by atoms with Crippen molar-refractivity contribution >= 4 is 18.4 Å². The third-order valence-electron chi connectivity index (χ3n) is 3.07. The van der Waals surface area contributed by atoms with Crippen molar-refractivity contribution < 1.29 is 9.15 Å². The molecule has 0 unspecified atom stereocenters. The van der Waals surface area contributed by atoms with Gasteiger partial charge in [0.25, 0.3) is 0 Å². The Hall–Kier alpha value is -2.67. The van der Waals surface area contributed by atoms with Crippen LogP contribution in [0.3, 0.4) is 0 Å². The summed E-state index contributed by atoms with van der Waals surface area (Å²) in [6.07, 6.45) is 4.27. The van der Waals surface area contributed by atoms with E-state index in [1.54, 1.807) is 24.6 Å². The number of rotatable bonds is 6. The first-order valence-corrected chi connectivity index (χ1v) is 7.67. The molecule has 0 atom stereocenters. The van der Waals surface area contributed by atoms with Crippen LogP contribution in [-0.4, -0.2) is 27.7 Å². The van der Waals surface area contributed by atoms with E-state index in [4.69, 9.17) is 21.4 Å². The lowest BCUT2D eigenvalue weighted by molar-refractivity contribution is 0.317. The summed E-state index contributed by atoms with van der Waals surface area (Å²) in [6, 6.07) is 11.3. The van der Waals surface area contributed by atoms with Gasteiger partial charge in [-0.15, -0.1) is 5.10 Å². The van der Waals surface area contributed by atoms with E-state index >= 15 is 0 Å². The summed E-state index contributed by atoms with van der Waals surface area (Å²) in [4.78, 5) is 0. The summed E-state index contributed by atoms with van der Waals surface area (Å²) in [5, 5.41) is 11.2. The summed E-state index contributed by atoms with van der Waals surface area (Å²) in [6.45, 7) is 2.79. The predicted octanol–water partition coefficient (Wildman–Crippen LogP) is 3.87. The van der Waals surface area contributed by atoms with Crippen molar-refractivity contribution in [1.29, 1.82) is 0 Å². The molecule has 2 heterocycles. The minimum absolute atomic E-state index is 0.399. The summed E-state index contributed by atoms with van der Waals surface area (Å²) >= 11 is 5.20. The van der Waals surface area contributed by atoms with Crippen LogP contribution in [0.2, 0.25) is 0 Å². The van der Waals surface area contributed by atoms with Gasteiger partial charge >= 0.3 is 0 Å². The number of hydrogen-bond acceptors (Lipinski definition) is 5. The predicted molar refractivity (Wildman–Crippen MR) is 90.3 cm³/mol. The van der Waals surface area contributed by atoms with Crippen LogP contribution in [0.4, 0.5) is 0 Å². The monoisotopic (exact) mass is 328 g/mol. The molecule has 1 N–H and O–H groups in total. The zero-order chi connectivity index (χ0) is 16.1. The number of benzene rings is 1. The first-order valence-electron chi connectivity index (χ1n) is 7.26. The van der Waals surface area contributed by atoms with Crippen LogP contribution in [0.1, 0.15) is 18.9 Å². The highest BCUT2D eigenvalue weighted by molar-refractivity contribution is 7.71. The van der Waals surface area contributed by atoms with Gasteiger partial charge in [-0.25, -0.2) is 5.10 Å². The van der Waals surface area contributed by atoms with E-state index in [1.165, 1.54) is 4.68 Å². The average Bonchev–Trinajstić information content (AvgIpc) is 3.21. The fourth-order valence-corrected chi connectivity index (χ4v) is 2.14. The SMILES string of the molecule is CCCOc1ccc(/C=N\n2c(-c3ccco3)n[nH]c2=S)cc1. The van der Waals surface area contributed by atoms with Crippen LogP contribution in [0.25, 0.3) is 11.6 Å². The van der Waals surface area contributed by atoms with Gasteiger partial charge in [0.05, 0.1) is 19.1 Å². The third kappa shape index (κ3) is 3.57. The summed E-state index contributed by atoms with van der Waals surface area (Å²) < 4.78 is 12.8. The Morgan fingerprint density at radius 3 is 2.87 bits per heavy atom. The number of nitrogens with zero attached hydrogens (tertiary/aromatic N) is 3. The second-order valence-corrected chi connectivity index (χ2v) is 5.19. The number of aromatic nitrogens is 3. The second kappa shape index (κ2) is 7.06. The molecule has 0 aliphatic carbocycles. The van der Waals surface area contributed by atoms with Gasteiger partial charge in [-0.05, 0) is 60.6 Å². The molecule has 0 aliphatic rings. The van der Waals surface area contributed by atoms with Gasteiger partial charge in [0.2, 0.25) is 10.6 Å². The lowest BCUT2D eigenvalue weighted by Crippen LogP contribution is -1.96. The van der Waals surface area contributed by atoms with Gasteiger partial charge < -0.3 is 9.15 Å². The number of hydrogen-bond donors (Lipinski definition) is 1. The van der Waals surface area contributed by atoms with Crippen LogP contribution in [0, 0.1) is 4.77 Å². The standard InChI is InChI=1S/C16H16N4O2S/c1-2-9-21-13-7-5-12(6-8-13)11-17-20-15(18-19-16(20)23)14-4-3-10-22-14/h3-8,10-11H,2,9H2,1H3,(H,19,23)/b17-11-. The van der Waals surface area contributed by atoms with E-state index < -0.39 is 0 Å². The van der Waals surface area contributed by atoms with Crippen molar-refractivity contribution in [3.8, 4) is 17.3 Å². The summed E-state index contributed by atoms with van der Waals surface area (Å²) in [5.41, 5.74) is 0.933. The largest absolute Gasteiger partial charge is 0.494 e. The minimum Gasteiger partial charge on any atom is -0.494 e. The van der Waals surface area contributed by atoms with Crippen molar-refractivity contribution in [2.45, 2.75) is 13.3 Å². The molecule has 3 rings (SSSR count). The van der Waals surface area contributed by atoms with E-state index in [2.05, 4.69) is 22.2 Å².